The third-order valence-electron chi connectivity index (χ3n) is 2.14. The average Bonchev–Trinajstić information content (AvgIpc) is 2.03. The smallest absolute Gasteiger partial charge is 0.299 e. The van der Waals surface area contributed by atoms with Crippen LogP contribution in [-0.2, 0) is 9.24 Å². The minimum atomic E-state index is -3.53. The number of hydrogen-bond donors (Lipinski definition) is 1. The van der Waals surface area contributed by atoms with Gasteiger partial charge in [0.1, 0.15) is 0 Å². The van der Waals surface area contributed by atoms with Crippen LogP contribution in [0.25, 0.3) is 0 Å². The minimum Gasteiger partial charge on any atom is -0.396 e. The van der Waals surface area contributed by atoms with Gasteiger partial charge in [-0.05, 0) is 18.8 Å². The van der Waals surface area contributed by atoms with E-state index in [0.717, 1.165) is 0 Å². The molecular formula is C6H12ClNO3S. The first-order valence-corrected chi connectivity index (χ1v) is 6.11. The van der Waals surface area contributed by atoms with Crippen molar-refractivity contribution in [3.63, 3.8) is 0 Å². The number of rotatable bonds is 2. The number of hydrogen-bond acceptors (Lipinski definition) is 3. The molecule has 0 spiro atoms. The van der Waals surface area contributed by atoms with Gasteiger partial charge in [0, 0.05) is 30.4 Å². The van der Waals surface area contributed by atoms with Crippen molar-refractivity contribution in [2.24, 2.45) is 5.92 Å². The molecule has 0 aromatic carbocycles. The minimum absolute atomic E-state index is 0.135. The summed E-state index contributed by atoms with van der Waals surface area (Å²) < 4.78 is 22.9. The number of aliphatic hydroxyl groups excluding tert-OH is 1. The van der Waals surface area contributed by atoms with E-state index in [-0.39, 0.29) is 12.5 Å². The molecule has 1 rings (SSSR count). The molecule has 1 aliphatic heterocycles. The van der Waals surface area contributed by atoms with Gasteiger partial charge in [-0.1, -0.05) is 0 Å². The van der Waals surface area contributed by atoms with E-state index >= 15 is 0 Å². The standard InChI is InChI=1S/C6H12ClNO3S/c7-12(10,11)8-3-1-6(5-9)2-4-8/h6,9H,1-5H2. The van der Waals surface area contributed by atoms with Crippen molar-refractivity contribution in [2.45, 2.75) is 12.8 Å². The fourth-order valence-corrected chi connectivity index (χ4v) is 2.37. The third-order valence-corrected chi connectivity index (χ3v) is 3.71. The summed E-state index contributed by atoms with van der Waals surface area (Å²) >= 11 is 0. The molecule has 0 aliphatic carbocycles. The molecule has 0 unspecified atom stereocenters. The number of piperidine rings is 1. The molecule has 4 nitrogen and oxygen atoms in total. The van der Waals surface area contributed by atoms with E-state index in [1.807, 2.05) is 0 Å². The highest BCUT2D eigenvalue weighted by molar-refractivity contribution is 8.11. The Balaban J connectivity index is 2.47. The largest absolute Gasteiger partial charge is 0.396 e. The highest BCUT2D eigenvalue weighted by atomic mass is 35.7. The molecule has 0 aromatic rings. The van der Waals surface area contributed by atoms with E-state index in [1.54, 1.807) is 0 Å². The Morgan fingerprint density at radius 3 is 2.25 bits per heavy atom. The lowest BCUT2D eigenvalue weighted by atomic mass is 10.00. The number of halogens is 1. The Morgan fingerprint density at radius 1 is 1.42 bits per heavy atom. The van der Waals surface area contributed by atoms with Crippen molar-refractivity contribution in [1.29, 1.82) is 0 Å². The van der Waals surface area contributed by atoms with Gasteiger partial charge in [0.2, 0.25) is 0 Å². The normalized spacial score (nSPS) is 22.8. The van der Waals surface area contributed by atoms with Crippen LogP contribution in [0.1, 0.15) is 12.8 Å². The highest BCUT2D eigenvalue weighted by Gasteiger charge is 2.25. The van der Waals surface area contributed by atoms with Crippen molar-refractivity contribution in [2.75, 3.05) is 19.7 Å². The molecule has 1 N–H and O–H groups in total. The summed E-state index contributed by atoms with van der Waals surface area (Å²) in [4.78, 5) is 0. The summed E-state index contributed by atoms with van der Waals surface area (Å²) in [6.07, 6.45) is 1.39. The molecule has 12 heavy (non-hydrogen) atoms. The second kappa shape index (κ2) is 3.91. The maximum atomic E-state index is 10.8. The monoisotopic (exact) mass is 213 g/mol. The Labute approximate surface area is 76.7 Å². The summed E-state index contributed by atoms with van der Waals surface area (Å²) in [5.74, 6) is 0.236. The van der Waals surface area contributed by atoms with Gasteiger partial charge in [0.15, 0.2) is 0 Å². The molecule has 0 atom stereocenters. The van der Waals surface area contributed by atoms with Crippen molar-refractivity contribution < 1.29 is 13.5 Å². The molecule has 0 amide bonds. The predicted octanol–water partition coefficient (Wildman–Crippen LogP) is 0.174. The van der Waals surface area contributed by atoms with Crippen molar-refractivity contribution in [3.8, 4) is 0 Å². The highest BCUT2D eigenvalue weighted by Crippen LogP contribution is 2.20. The van der Waals surface area contributed by atoms with Crippen molar-refractivity contribution in [1.82, 2.24) is 4.31 Å². The maximum absolute atomic E-state index is 10.8. The number of aliphatic hydroxyl groups is 1. The van der Waals surface area contributed by atoms with Gasteiger partial charge in [-0.25, -0.2) is 0 Å². The fraction of sp³-hybridized carbons (Fsp3) is 1.00. The van der Waals surface area contributed by atoms with Crippen LogP contribution in [0.3, 0.4) is 0 Å². The van der Waals surface area contributed by atoms with Crippen LogP contribution in [0, 0.1) is 5.92 Å². The molecule has 1 fully saturated rings. The molecule has 0 aromatic heterocycles. The summed E-state index contributed by atoms with van der Waals surface area (Å²) in [5, 5.41) is 8.78. The van der Waals surface area contributed by atoms with Crippen LogP contribution >= 0.6 is 10.7 Å². The Morgan fingerprint density at radius 2 is 1.92 bits per heavy atom. The lowest BCUT2D eigenvalue weighted by Gasteiger charge is -2.27. The fourth-order valence-electron chi connectivity index (χ4n) is 1.31. The van der Waals surface area contributed by atoms with E-state index < -0.39 is 9.24 Å². The molecule has 72 valence electrons. The quantitative estimate of drug-likeness (QED) is 0.666. The molecular weight excluding hydrogens is 202 g/mol. The Kier molecular flexibility index (Phi) is 3.34. The van der Waals surface area contributed by atoms with Gasteiger partial charge in [-0.2, -0.15) is 12.7 Å². The predicted molar refractivity (Wildman–Crippen MR) is 46.2 cm³/mol. The molecule has 1 heterocycles. The van der Waals surface area contributed by atoms with E-state index in [1.165, 1.54) is 4.31 Å². The van der Waals surface area contributed by atoms with E-state index in [2.05, 4.69) is 0 Å². The van der Waals surface area contributed by atoms with Crippen LogP contribution in [0.15, 0.2) is 0 Å². The Bertz CT molecular complexity index is 233. The average molecular weight is 214 g/mol. The second-order valence-corrected chi connectivity index (χ2v) is 5.48. The molecule has 0 saturated carbocycles. The van der Waals surface area contributed by atoms with Crippen LogP contribution in [0.4, 0.5) is 0 Å². The first kappa shape index (κ1) is 10.2. The third kappa shape index (κ3) is 2.58. The van der Waals surface area contributed by atoms with Crippen molar-refractivity contribution in [3.05, 3.63) is 0 Å². The second-order valence-electron chi connectivity index (χ2n) is 2.97. The maximum Gasteiger partial charge on any atom is 0.299 e. The summed E-state index contributed by atoms with van der Waals surface area (Å²) in [6, 6.07) is 0. The van der Waals surface area contributed by atoms with Gasteiger partial charge < -0.3 is 5.11 Å². The molecule has 0 bridgehead atoms. The summed E-state index contributed by atoms with van der Waals surface area (Å²) in [5.41, 5.74) is 0. The molecule has 1 saturated heterocycles. The first-order valence-electron chi connectivity index (χ1n) is 3.84. The summed E-state index contributed by atoms with van der Waals surface area (Å²) in [6.45, 7) is 0.990. The van der Waals surface area contributed by atoms with Crippen molar-refractivity contribution >= 4 is 19.9 Å². The first-order chi connectivity index (χ1) is 5.54. The zero-order valence-corrected chi connectivity index (χ0v) is 8.18. The van der Waals surface area contributed by atoms with Gasteiger partial charge in [0.05, 0.1) is 0 Å². The van der Waals surface area contributed by atoms with E-state index in [4.69, 9.17) is 15.8 Å². The summed E-state index contributed by atoms with van der Waals surface area (Å²) in [7, 11) is 1.60. The van der Waals surface area contributed by atoms with E-state index in [0.29, 0.717) is 25.9 Å². The van der Waals surface area contributed by atoms with Crippen LogP contribution in [0.2, 0.25) is 0 Å². The van der Waals surface area contributed by atoms with E-state index in [9.17, 15) is 8.42 Å². The molecule has 6 heteroatoms. The van der Waals surface area contributed by atoms with Gasteiger partial charge in [-0.3, -0.25) is 0 Å². The van der Waals surface area contributed by atoms with Crippen LogP contribution in [-0.4, -0.2) is 37.5 Å². The van der Waals surface area contributed by atoms with Gasteiger partial charge in [-0.15, -0.1) is 0 Å². The van der Waals surface area contributed by atoms with Gasteiger partial charge >= 0.3 is 0 Å². The Hall–Kier alpha value is 0.160. The van der Waals surface area contributed by atoms with Gasteiger partial charge in [0.25, 0.3) is 9.24 Å². The zero-order valence-electron chi connectivity index (χ0n) is 6.61. The lowest BCUT2D eigenvalue weighted by Crippen LogP contribution is -2.36. The SMILES string of the molecule is O=S(=O)(Cl)N1CCC(CO)CC1. The van der Waals surface area contributed by atoms with Crippen LogP contribution < -0.4 is 0 Å². The zero-order chi connectivity index (χ0) is 9.19. The lowest BCUT2D eigenvalue weighted by molar-refractivity contribution is 0.171. The number of nitrogens with zero attached hydrogens (tertiary/aromatic N) is 1. The molecule has 1 aliphatic rings. The topological polar surface area (TPSA) is 57.6 Å². The molecule has 0 radical (unpaired) electrons. The van der Waals surface area contributed by atoms with Crippen LogP contribution in [0.5, 0.6) is 0 Å².